The number of ether oxygens (including phenoxy) is 2. The number of aliphatic imine (C=N–C) groups is 1. The number of rotatable bonds is 8. The van der Waals surface area contributed by atoms with Crippen molar-refractivity contribution >= 4 is 35.1 Å². The van der Waals surface area contributed by atoms with Crippen molar-refractivity contribution in [3.8, 4) is 11.5 Å². The fourth-order valence-electron chi connectivity index (χ4n) is 2.80. The Morgan fingerprint density at radius 3 is 2.34 bits per heavy atom. The third-order valence-corrected chi connectivity index (χ3v) is 5.02. The molecule has 0 unspecified atom stereocenters. The second-order valence-electron chi connectivity index (χ2n) is 6.42. The normalized spacial score (nSPS) is 11.0. The maximum atomic E-state index is 6.50. The molecule has 0 saturated carbocycles. The largest absolute Gasteiger partial charge is 0.490 e. The molecule has 0 aromatic heterocycles. The summed E-state index contributed by atoms with van der Waals surface area (Å²) in [6.45, 7) is 4.85. The molecular formula is C24H23Cl2NO2. The molecule has 3 aromatic rings. The Morgan fingerprint density at radius 2 is 1.66 bits per heavy atom. The van der Waals surface area contributed by atoms with Crippen molar-refractivity contribution in [2.24, 2.45) is 4.99 Å². The van der Waals surface area contributed by atoms with Crippen LogP contribution in [0.15, 0.2) is 65.7 Å². The van der Waals surface area contributed by atoms with E-state index in [0.717, 1.165) is 23.2 Å². The van der Waals surface area contributed by atoms with E-state index in [0.29, 0.717) is 34.8 Å². The summed E-state index contributed by atoms with van der Waals surface area (Å²) in [4.78, 5) is 4.53. The number of halogens is 2. The third-order valence-electron chi connectivity index (χ3n) is 4.37. The van der Waals surface area contributed by atoms with Crippen LogP contribution in [0, 0.1) is 0 Å². The topological polar surface area (TPSA) is 30.8 Å². The minimum atomic E-state index is 0.302. The van der Waals surface area contributed by atoms with Crippen LogP contribution >= 0.6 is 23.2 Å². The molecule has 0 N–H and O–H groups in total. The zero-order valence-corrected chi connectivity index (χ0v) is 18.0. The van der Waals surface area contributed by atoms with Crippen molar-refractivity contribution in [1.82, 2.24) is 0 Å². The van der Waals surface area contributed by atoms with Gasteiger partial charge in [0.05, 0.1) is 17.3 Å². The number of aryl methyl sites for hydroxylation is 1. The summed E-state index contributed by atoms with van der Waals surface area (Å²) >= 11 is 12.7. The first-order chi connectivity index (χ1) is 14.1. The van der Waals surface area contributed by atoms with Crippen molar-refractivity contribution in [3.05, 3.63) is 87.4 Å². The Bertz CT molecular complexity index is 985. The lowest BCUT2D eigenvalue weighted by Gasteiger charge is -2.15. The lowest BCUT2D eigenvalue weighted by Crippen LogP contribution is -2.01. The van der Waals surface area contributed by atoms with Crippen molar-refractivity contribution in [2.45, 2.75) is 26.9 Å². The van der Waals surface area contributed by atoms with E-state index in [1.165, 1.54) is 5.56 Å². The van der Waals surface area contributed by atoms with Crippen LogP contribution in [-0.2, 0) is 13.0 Å². The maximum absolute atomic E-state index is 6.50. The van der Waals surface area contributed by atoms with Crippen LogP contribution in [0.5, 0.6) is 11.5 Å². The standard InChI is InChI=1S/C24H23Cl2NO2/c1-3-17-9-11-20(12-10-17)27-15-18-13-22(26)24(23(14-18)28-4-2)29-16-19-7-5-6-8-21(19)25/h5-15H,3-4,16H2,1-2H3. The summed E-state index contributed by atoms with van der Waals surface area (Å²) in [6, 6.07) is 19.4. The molecular weight excluding hydrogens is 405 g/mol. The summed E-state index contributed by atoms with van der Waals surface area (Å²) in [7, 11) is 0. The Labute approximate surface area is 181 Å². The Balaban J connectivity index is 1.81. The van der Waals surface area contributed by atoms with Gasteiger partial charge in [-0.1, -0.05) is 60.5 Å². The molecule has 150 valence electrons. The quantitative estimate of drug-likeness (QED) is 0.353. The van der Waals surface area contributed by atoms with E-state index in [4.69, 9.17) is 32.7 Å². The monoisotopic (exact) mass is 427 g/mol. The van der Waals surface area contributed by atoms with Crippen LogP contribution in [0.4, 0.5) is 5.69 Å². The van der Waals surface area contributed by atoms with E-state index in [1.54, 1.807) is 6.21 Å². The molecule has 0 fully saturated rings. The highest BCUT2D eigenvalue weighted by atomic mass is 35.5. The van der Waals surface area contributed by atoms with Crippen LogP contribution in [-0.4, -0.2) is 12.8 Å². The van der Waals surface area contributed by atoms with Crippen molar-refractivity contribution in [2.75, 3.05) is 6.61 Å². The smallest absolute Gasteiger partial charge is 0.180 e. The summed E-state index contributed by atoms with van der Waals surface area (Å²) in [5.74, 6) is 1.08. The minimum absolute atomic E-state index is 0.302. The molecule has 0 aliphatic heterocycles. The number of hydrogen-bond donors (Lipinski definition) is 0. The predicted octanol–water partition coefficient (Wildman–Crippen LogP) is 7.28. The van der Waals surface area contributed by atoms with Crippen LogP contribution in [0.1, 0.15) is 30.5 Å². The molecule has 3 nitrogen and oxygen atoms in total. The molecule has 3 aromatic carbocycles. The van der Waals surface area contributed by atoms with Crippen LogP contribution in [0.2, 0.25) is 10.0 Å². The van der Waals surface area contributed by atoms with Gasteiger partial charge in [-0.25, -0.2) is 0 Å². The molecule has 29 heavy (non-hydrogen) atoms. The van der Waals surface area contributed by atoms with Gasteiger partial charge in [-0.15, -0.1) is 0 Å². The van der Waals surface area contributed by atoms with Crippen molar-refractivity contribution in [1.29, 1.82) is 0 Å². The van der Waals surface area contributed by atoms with E-state index in [9.17, 15) is 0 Å². The van der Waals surface area contributed by atoms with E-state index in [1.807, 2.05) is 55.5 Å². The van der Waals surface area contributed by atoms with Gasteiger partial charge in [-0.2, -0.15) is 0 Å². The van der Waals surface area contributed by atoms with Crippen LogP contribution in [0.25, 0.3) is 0 Å². The molecule has 0 saturated heterocycles. The van der Waals surface area contributed by atoms with Gasteiger partial charge >= 0.3 is 0 Å². The zero-order valence-electron chi connectivity index (χ0n) is 16.5. The highest BCUT2D eigenvalue weighted by Gasteiger charge is 2.13. The second kappa shape index (κ2) is 10.3. The molecule has 0 heterocycles. The summed E-state index contributed by atoms with van der Waals surface area (Å²) in [5.41, 5.74) is 3.89. The van der Waals surface area contributed by atoms with E-state index in [-0.39, 0.29) is 0 Å². The van der Waals surface area contributed by atoms with Gasteiger partial charge < -0.3 is 9.47 Å². The van der Waals surface area contributed by atoms with E-state index >= 15 is 0 Å². The maximum Gasteiger partial charge on any atom is 0.180 e. The molecule has 0 bridgehead atoms. The van der Waals surface area contributed by atoms with Crippen LogP contribution in [0.3, 0.4) is 0 Å². The van der Waals surface area contributed by atoms with Gasteiger partial charge in [-0.3, -0.25) is 4.99 Å². The number of benzene rings is 3. The molecule has 0 radical (unpaired) electrons. The summed E-state index contributed by atoms with van der Waals surface area (Å²) in [6.07, 6.45) is 2.78. The number of hydrogen-bond acceptors (Lipinski definition) is 3. The SMILES string of the molecule is CCOc1cc(C=Nc2ccc(CC)cc2)cc(Cl)c1OCc1ccccc1Cl. The molecule has 0 atom stereocenters. The van der Waals surface area contributed by atoms with Gasteiger partial charge in [0.1, 0.15) is 6.61 Å². The molecule has 0 aliphatic carbocycles. The van der Waals surface area contributed by atoms with Gasteiger partial charge in [0.15, 0.2) is 11.5 Å². The zero-order chi connectivity index (χ0) is 20.6. The van der Waals surface area contributed by atoms with Crippen LogP contribution < -0.4 is 9.47 Å². The molecule has 3 rings (SSSR count). The summed E-state index contributed by atoms with van der Waals surface area (Å²) in [5, 5.41) is 1.12. The molecule has 0 amide bonds. The lowest BCUT2D eigenvalue weighted by molar-refractivity contribution is 0.269. The molecule has 0 spiro atoms. The average Bonchev–Trinajstić information content (AvgIpc) is 2.73. The van der Waals surface area contributed by atoms with Gasteiger partial charge in [0, 0.05) is 16.8 Å². The minimum Gasteiger partial charge on any atom is -0.490 e. The van der Waals surface area contributed by atoms with Gasteiger partial charge in [0.2, 0.25) is 0 Å². The Morgan fingerprint density at radius 1 is 0.897 bits per heavy atom. The fourth-order valence-corrected chi connectivity index (χ4v) is 3.26. The van der Waals surface area contributed by atoms with Crippen molar-refractivity contribution < 1.29 is 9.47 Å². The first-order valence-electron chi connectivity index (χ1n) is 9.56. The fraction of sp³-hybridized carbons (Fsp3) is 0.208. The van der Waals surface area contributed by atoms with E-state index < -0.39 is 0 Å². The lowest BCUT2D eigenvalue weighted by atomic mass is 10.1. The highest BCUT2D eigenvalue weighted by molar-refractivity contribution is 6.32. The first kappa shape index (κ1) is 21.2. The van der Waals surface area contributed by atoms with Crippen molar-refractivity contribution in [3.63, 3.8) is 0 Å². The molecule has 0 aliphatic rings. The van der Waals surface area contributed by atoms with E-state index in [2.05, 4.69) is 24.0 Å². The Hall–Kier alpha value is -2.49. The average molecular weight is 428 g/mol. The number of nitrogens with zero attached hydrogens (tertiary/aromatic N) is 1. The second-order valence-corrected chi connectivity index (χ2v) is 7.24. The summed E-state index contributed by atoms with van der Waals surface area (Å²) < 4.78 is 11.7. The molecule has 5 heteroatoms. The highest BCUT2D eigenvalue weighted by Crippen LogP contribution is 2.37. The first-order valence-corrected chi connectivity index (χ1v) is 10.3. The van der Waals surface area contributed by atoms with Gasteiger partial charge in [0.25, 0.3) is 0 Å². The van der Waals surface area contributed by atoms with Gasteiger partial charge in [-0.05, 0) is 54.8 Å². The Kier molecular flexibility index (Phi) is 7.56. The third kappa shape index (κ3) is 5.75. The predicted molar refractivity (Wildman–Crippen MR) is 121 cm³/mol.